The van der Waals surface area contributed by atoms with Crippen LogP contribution in [0.4, 0.5) is 0 Å². The summed E-state index contributed by atoms with van der Waals surface area (Å²) in [7, 11) is 2.12. The van der Waals surface area contributed by atoms with Crippen LogP contribution in [0.3, 0.4) is 0 Å². The normalized spacial score (nSPS) is 12.7. The topological polar surface area (TPSA) is 14.8 Å². The molecule has 3 heteroatoms. The van der Waals surface area contributed by atoms with Crippen LogP contribution in [0.2, 0.25) is 0 Å². The average molecular weight is 1470 g/mol. The van der Waals surface area contributed by atoms with E-state index in [0.717, 1.165) is 0 Å². The van der Waals surface area contributed by atoms with E-state index < -0.39 is 0 Å². The van der Waals surface area contributed by atoms with E-state index in [1.165, 1.54) is 177 Å². The number of fused-ring (bicyclic) bond motifs is 18. The Kier molecular flexibility index (Phi) is 23.8. The molecular formula is C110H109N3. The van der Waals surface area contributed by atoms with E-state index in [0.29, 0.717) is 0 Å². The zero-order valence-electron chi connectivity index (χ0n) is 69.3. The van der Waals surface area contributed by atoms with Crippen molar-refractivity contribution in [2.24, 2.45) is 7.05 Å². The Bertz CT molecular complexity index is 6270. The third kappa shape index (κ3) is 15.5. The molecule has 0 N–H and O–H groups in total. The molecule has 564 valence electrons. The van der Waals surface area contributed by atoms with Gasteiger partial charge in [0.05, 0.1) is 22.1 Å². The lowest BCUT2D eigenvalue weighted by atomic mass is 9.80. The fourth-order valence-corrected chi connectivity index (χ4v) is 17.4. The SMILES string of the molecule is CC.CC.Cc1ccc2c(c1)-c1ccccc1C2(C)C.Cc1ccc2c(c1)C(C)(C)c1ccccc1-2.Cc1ccc2c(c1)c1ccccc1n2-c1ccccc1.Cc1cccc2c1C(C)(C)c1ccccc1-2.Cc1cccc2c1c1ccccc1n2-c1ccccc1.Cc1ccccc1.Cn1c2ccccc2c2ccccc21. The molecule has 0 atom stereocenters. The Morgan fingerprint density at radius 2 is 0.558 bits per heavy atom. The molecule has 3 heterocycles. The molecule has 0 radical (unpaired) electrons. The Balaban J connectivity index is 0.000000116. The van der Waals surface area contributed by atoms with Crippen LogP contribution in [0.15, 0.2) is 352 Å². The average Bonchev–Trinajstić information content (AvgIpc) is 1.58. The lowest BCUT2D eigenvalue weighted by Gasteiger charge is -2.23. The van der Waals surface area contributed by atoms with Crippen molar-refractivity contribution < 1.29 is 0 Å². The van der Waals surface area contributed by atoms with Crippen molar-refractivity contribution in [2.45, 2.75) is 127 Å². The maximum atomic E-state index is 2.34. The summed E-state index contributed by atoms with van der Waals surface area (Å²) in [5.41, 5.74) is 35.8. The van der Waals surface area contributed by atoms with Crippen molar-refractivity contribution in [1.82, 2.24) is 13.7 Å². The predicted molar refractivity (Wildman–Crippen MR) is 492 cm³/mol. The van der Waals surface area contributed by atoms with Crippen molar-refractivity contribution in [3.63, 3.8) is 0 Å². The minimum atomic E-state index is 0.150. The molecule has 3 nitrogen and oxygen atoms in total. The fraction of sp³-hybridized carbons (Fsp3) is 0.182. The monoisotopic (exact) mass is 1470 g/mol. The van der Waals surface area contributed by atoms with Crippen LogP contribution in [-0.2, 0) is 23.3 Å². The predicted octanol–water partition coefficient (Wildman–Crippen LogP) is 30.5. The number of aryl methyl sites for hydroxylation is 7. The third-order valence-corrected chi connectivity index (χ3v) is 22.8. The summed E-state index contributed by atoms with van der Waals surface area (Å²) >= 11 is 0. The standard InChI is InChI=1S/2C19H15N.3C16H16.C13H11N.C7H8.2C2H6/c1-14-8-7-13-18-19(14)16-11-5-6-12-17(16)20(18)15-9-3-2-4-10-15;1-14-11-12-19-17(13-14)16-9-5-6-10-18(16)20(19)15-7-3-2-4-8-15;1-11-7-6-9-13-12-8-4-5-10-14(12)16(2,3)15(11)13;1-11-8-9-15-13(10-11)12-6-4-5-7-14(12)16(15,2)3;1-11-8-9-13-12-6-4-5-7-14(12)16(2,3)15(13)10-11;1-14-12-8-4-2-6-10(12)11-7-3-5-9-13(11)14;1-7-5-3-2-4-6-7;2*1-2/h2*2-13H,1H3;3*4-10H,1-3H3;2-9H,1H3;2-6H,1H3;2*1-2H3. The maximum Gasteiger partial charge on any atom is 0.0543 e. The van der Waals surface area contributed by atoms with Crippen molar-refractivity contribution in [3.05, 3.63) is 419 Å². The minimum Gasteiger partial charge on any atom is -0.344 e. The Labute approximate surface area is 672 Å². The summed E-state index contributed by atoms with van der Waals surface area (Å²) in [6.45, 7) is 34.9. The second-order valence-corrected chi connectivity index (χ2v) is 31.2. The maximum absolute atomic E-state index is 2.34. The summed E-state index contributed by atoms with van der Waals surface area (Å²) in [5, 5.41) is 7.99. The second-order valence-electron chi connectivity index (χ2n) is 31.2. The summed E-state index contributed by atoms with van der Waals surface area (Å²) in [4.78, 5) is 0. The number of aromatic nitrogens is 3. The van der Waals surface area contributed by atoms with Gasteiger partial charge >= 0.3 is 0 Å². The van der Waals surface area contributed by atoms with E-state index in [9.17, 15) is 0 Å². The van der Waals surface area contributed by atoms with Crippen molar-refractivity contribution in [1.29, 1.82) is 0 Å². The Hall–Kier alpha value is -12.3. The first kappa shape index (κ1) is 78.8. The van der Waals surface area contributed by atoms with E-state index in [-0.39, 0.29) is 16.2 Å². The number of benzene rings is 15. The molecular weight excluding hydrogens is 1360 g/mol. The van der Waals surface area contributed by atoms with Crippen LogP contribution in [-0.4, -0.2) is 13.7 Å². The first-order valence-electron chi connectivity index (χ1n) is 40.5. The van der Waals surface area contributed by atoms with Gasteiger partial charge in [0.2, 0.25) is 0 Å². The second kappa shape index (κ2) is 34.1. The first-order valence-corrected chi connectivity index (χ1v) is 40.5. The number of hydrogen-bond donors (Lipinski definition) is 0. The van der Waals surface area contributed by atoms with Crippen LogP contribution in [0.1, 0.15) is 136 Å². The quantitative estimate of drug-likeness (QED) is 0.164. The summed E-state index contributed by atoms with van der Waals surface area (Å²) in [6, 6.07) is 125. The Morgan fingerprint density at radius 3 is 1.11 bits per heavy atom. The van der Waals surface area contributed by atoms with E-state index in [2.05, 4.69) is 437 Å². The van der Waals surface area contributed by atoms with Gasteiger partial charge in [-0.15, -0.1) is 0 Å². The molecule has 0 spiro atoms. The van der Waals surface area contributed by atoms with Crippen LogP contribution in [0.25, 0.3) is 110 Å². The van der Waals surface area contributed by atoms with Gasteiger partial charge in [-0.1, -0.05) is 377 Å². The van der Waals surface area contributed by atoms with Crippen LogP contribution in [0, 0.1) is 41.5 Å². The molecule has 0 aliphatic heterocycles. The fourth-order valence-electron chi connectivity index (χ4n) is 17.4. The van der Waals surface area contributed by atoms with E-state index in [1.54, 1.807) is 0 Å². The van der Waals surface area contributed by atoms with Gasteiger partial charge in [-0.05, 0) is 186 Å². The molecule has 0 saturated heterocycles. The minimum absolute atomic E-state index is 0.150. The number of nitrogens with zero attached hydrogens (tertiary/aromatic N) is 3. The summed E-state index contributed by atoms with van der Waals surface area (Å²) in [5.74, 6) is 0. The molecule has 3 aliphatic rings. The van der Waals surface area contributed by atoms with Crippen molar-refractivity contribution >= 4 is 65.4 Å². The molecule has 0 bridgehead atoms. The third-order valence-electron chi connectivity index (χ3n) is 22.8. The largest absolute Gasteiger partial charge is 0.344 e. The molecule has 3 aromatic heterocycles. The van der Waals surface area contributed by atoms with E-state index in [1.807, 2.05) is 45.9 Å². The highest BCUT2D eigenvalue weighted by Gasteiger charge is 2.38. The van der Waals surface area contributed by atoms with Crippen LogP contribution >= 0.6 is 0 Å². The number of hydrogen-bond acceptors (Lipinski definition) is 0. The molecule has 0 saturated carbocycles. The van der Waals surface area contributed by atoms with Gasteiger partial charge in [-0.25, -0.2) is 0 Å². The Morgan fingerprint density at radius 1 is 0.212 bits per heavy atom. The van der Waals surface area contributed by atoms with Gasteiger partial charge in [0.25, 0.3) is 0 Å². The van der Waals surface area contributed by atoms with Crippen molar-refractivity contribution in [3.8, 4) is 44.8 Å². The lowest BCUT2D eigenvalue weighted by Crippen LogP contribution is -2.16. The molecule has 18 aromatic rings. The van der Waals surface area contributed by atoms with Crippen molar-refractivity contribution in [2.75, 3.05) is 0 Å². The van der Waals surface area contributed by atoms with Gasteiger partial charge < -0.3 is 13.7 Å². The zero-order valence-corrected chi connectivity index (χ0v) is 69.3. The molecule has 0 fully saturated rings. The van der Waals surface area contributed by atoms with Gasteiger partial charge in [0, 0.05) is 78.0 Å². The zero-order chi connectivity index (χ0) is 79.7. The molecule has 0 unspecified atom stereocenters. The van der Waals surface area contributed by atoms with Gasteiger partial charge in [0.1, 0.15) is 0 Å². The highest BCUT2D eigenvalue weighted by Crippen LogP contribution is 2.52. The molecule has 21 rings (SSSR count). The van der Waals surface area contributed by atoms with Gasteiger partial charge in [-0.2, -0.15) is 0 Å². The summed E-state index contributed by atoms with van der Waals surface area (Å²) < 4.78 is 6.92. The van der Waals surface area contributed by atoms with E-state index >= 15 is 0 Å². The number of rotatable bonds is 2. The smallest absolute Gasteiger partial charge is 0.0543 e. The number of para-hydroxylation sites is 6. The molecule has 113 heavy (non-hydrogen) atoms. The summed E-state index contributed by atoms with van der Waals surface area (Å²) in [6.07, 6.45) is 0. The first-order chi connectivity index (χ1) is 54.8. The van der Waals surface area contributed by atoms with Crippen LogP contribution in [0.5, 0.6) is 0 Å². The molecule has 0 amide bonds. The highest BCUT2D eigenvalue weighted by atomic mass is 15.0. The van der Waals surface area contributed by atoms with E-state index in [4.69, 9.17) is 0 Å². The van der Waals surface area contributed by atoms with Crippen LogP contribution < -0.4 is 0 Å². The molecule has 3 aliphatic carbocycles. The molecule has 15 aromatic carbocycles. The van der Waals surface area contributed by atoms with Gasteiger partial charge in [0.15, 0.2) is 0 Å². The lowest BCUT2D eigenvalue weighted by molar-refractivity contribution is 0.655. The highest BCUT2D eigenvalue weighted by molar-refractivity contribution is 6.12. The van der Waals surface area contributed by atoms with Gasteiger partial charge in [-0.3, -0.25) is 0 Å².